The van der Waals surface area contributed by atoms with E-state index in [4.69, 9.17) is 28.4 Å². The first kappa shape index (κ1) is 40.9. The molecule has 4 aromatic rings. The van der Waals surface area contributed by atoms with Crippen molar-refractivity contribution in [3.63, 3.8) is 0 Å². The summed E-state index contributed by atoms with van der Waals surface area (Å²) in [6.45, 7) is 0.778. The van der Waals surface area contributed by atoms with E-state index in [2.05, 4.69) is 19.4 Å². The number of imidazole rings is 2. The van der Waals surface area contributed by atoms with Crippen LogP contribution in [0.1, 0.15) is 13.8 Å². The Balaban J connectivity index is 0.845. The zero-order valence-corrected chi connectivity index (χ0v) is 31.7. The molecule has 61 heavy (non-hydrogen) atoms. The molecule has 2 amide bonds. The molecule has 2 aromatic heterocycles. The quantitative estimate of drug-likeness (QED) is 0.0872. The molecule has 0 aliphatic carbocycles. The number of benzene rings is 2. The summed E-state index contributed by atoms with van der Waals surface area (Å²) in [4.78, 5) is 59.4. The fourth-order valence-electron chi connectivity index (χ4n) is 6.79. The Kier molecular flexibility index (Phi) is 10.5. The van der Waals surface area contributed by atoms with Crippen molar-refractivity contribution in [3.8, 4) is 45.8 Å². The first-order valence-electron chi connectivity index (χ1n) is 18.4. The number of ether oxygens (including phenoxy) is 8. The molecule has 18 nitrogen and oxygen atoms in total. The maximum atomic E-state index is 13.6. The number of alkyl halides is 6. The van der Waals surface area contributed by atoms with E-state index in [1.807, 2.05) is 0 Å². The number of halogens is 6. The van der Waals surface area contributed by atoms with Gasteiger partial charge in [-0.05, 0) is 38.1 Å². The number of amides is 2. The fourth-order valence-corrected chi connectivity index (χ4v) is 6.79. The second kappa shape index (κ2) is 15.6. The molecule has 4 aliphatic rings. The summed E-state index contributed by atoms with van der Waals surface area (Å²) in [5.74, 6) is -1.07. The van der Waals surface area contributed by atoms with Crippen LogP contribution in [0, 0.1) is 0 Å². The summed E-state index contributed by atoms with van der Waals surface area (Å²) in [5.41, 5.74) is 0.756. The summed E-state index contributed by atoms with van der Waals surface area (Å²) in [6, 6.07) is 4.48. The third-order valence-electron chi connectivity index (χ3n) is 9.78. The van der Waals surface area contributed by atoms with E-state index in [-0.39, 0.29) is 72.6 Å². The first-order chi connectivity index (χ1) is 29.0. The van der Waals surface area contributed by atoms with Gasteiger partial charge in [0.15, 0.2) is 35.9 Å². The van der Waals surface area contributed by atoms with Crippen molar-refractivity contribution in [2.75, 3.05) is 43.0 Å². The van der Waals surface area contributed by atoms with Crippen LogP contribution in [0.3, 0.4) is 0 Å². The minimum Gasteiger partial charge on any atom is -0.491 e. The van der Waals surface area contributed by atoms with Crippen LogP contribution < -0.4 is 28.7 Å². The van der Waals surface area contributed by atoms with Crippen molar-refractivity contribution < 1.29 is 83.4 Å². The number of hydrogen-bond acceptors (Lipinski definition) is 14. The third kappa shape index (κ3) is 8.07. The van der Waals surface area contributed by atoms with Crippen LogP contribution in [-0.4, -0.2) is 113 Å². The van der Waals surface area contributed by atoms with E-state index in [9.17, 15) is 45.5 Å². The number of carbonyl (C=O) groups excluding carboxylic acids is 4. The van der Waals surface area contributed by atoms with Crippen molar-refractivity contribution in [1.82, 2.24) is 19.1 Å². The van der Waals surface area contributed by atoms with E-state index in [1.165, 1.54) is 62.6 Å². The third-order valence-corrected chi connectivity index (χ3v) is 9.78. The molecular weight excluding hydrogens is 834 g/mol. The average Bonchev–Trinajstić information content (AvgIpc) is 3.96. The highest BCUT2D eigenvalue weighted by atomic mass is 19.4. The van der Waals surface area contributed by atoms with Crippen LogP contribution in [0.15, 0.2) is 48.8 Å². The Hall–Kier alpha value is -6.88. The first-order valence-corrected chi connectivity index (χ1v) is 18.4. The molecule has 8 rings (SSSR count). The number of rotatable bonds is 10. The Labute approximate surface area is 339 Å². The van der Waals surface area contributed by atoms with Gasteiger partial charge < -0.3 is 47.0 Å². The average molecular weight is 867 g/mol. The van der Waals surface area contributed by atoms with Gasteiger partial charge in [0.05, 0.1) is 24.2 Å². The zero-order chi connectivity index (χ0) is 43.4. The van der Waals surface area contributed by atoms with Crippen LogP contribution in [-0.2, 0) is 41.6 Å². The molecule has 0 spiro atoms. The highest BCUT2D eigenvalue weighted by Crippen LogP contribution is 2.41. The van der Waals surface area contributed by atoms with Gasteiger partial charge in [-0.25, -0.2) is 38.9 Å². The van der Waals surface area contributed by atoms with E-state index in [1.54, 1.807) is 9.13 Å². The van der Waals surface area contributed by atoms with E-state index < -0.39 is 80.8 Å². The maximum absolute atomic E-state index is 13.6. The van der Waals surface area contributed by atoms with Crippen molar-refractivity contribution in [3.05, 3.63) is 48.8 Å². The number of anilines is 2. The fraction of sp³-hybridized carbons (Fsp3) is 0.405. The Morgan fingerprint density at radius 3 is 1.49 bits per heavy atom. The number of aromatic nitrogens is 4. The summed E-state index contributed by atoms with van der Waals surface area (Å²) >= 11 is 0. The van der Waals surface area contributed by atoms with Crippen molar-refractivity contribution in [2.45, 2.75) is 63.6 Å². The molecule has 2 aromatic carbocycles. The normalized spacial score (nSPS) is 19.3. The van der Waals surface area contributed by atoms with Crippen LogP contribution in [0.25, 0.3) is 22.8 Å². The standard InChI is InChI=1S/C37H32F6N6O12/c1-18(60-20-3-5-22-24(11-20)54-9-7-46-13-28(44-30(22)46)48-26(36(38,39)40)15-56-34(48)52)32(50)58-17-59-33(51)19(2)61-21-4-6-23-25(12-21)55-10-8-47-14-29(45-31(23)47)49-27(37(41,42)43)16-57-35(49)53/h3-6,11-14,18-19,26-27H,7-10,15-17H2,1-2H3/t18-,19-,26-,27-/m0/s1. The van der Waals surface area contributed by atoms with Crippen molar-refractivity contribution >= 4 is 35.8 Å². The topological polar surface area (TPSA) is 184 Å². The molecule has 0 saturated carbocycles. The van der Waals surface area contributed by atoms with Gasteiger partial charge in [0.2, 0.25) is 6.79 Å². The Bertz CT molecular complexity index is 2220. The Morgan fingerprint density at radius 1 is 0.689 bits per heavy atom. The molecule has 6 heterocycles. The second-order valence-electron chi connectivity index (χ2n) is 13.8. The van der Waals surface area contributed by atoms with Gasteiger partial charge in [-0.1, -0.05) is 0 Å². The largest absolute Gasteiger partial charge is 0.491 e. The van der Waals surface area contributed by atoms with Gasteiger partial charge in [-0.3, -0.25) is 0 Å². The molecule has 0 radical (unpaired) electrons. The van der Waals surface area contributed by atoms with Crippen LogP contribution in [0.5, 0.6) is 23.0 Å². The lowest BCUT2D eigenvalue weighted by atomic mass is 10.1. The molecule has 0 unspecified atom stereocenters. The zero-order valence-electron chi connectivity index (χ0n) is 31.7. The molecule has 2 saturated heterocycles. The number of fused-ring (bicyclic) bond motifs is 6. The monoisotopic (exact) mass is 866 g/mol. The smallest absolute Gasteiger partial charge is 0.416 e. The lowest BCUT2D eigenvalue weighted by Crippen LogP contribution is -2.44. The molecule has 0 bridgehead atoms. The van der Waals surface area contributed by atoms with E-state index in [0.717, 1.165) is 0 Å². The van der Waals surface area contributed by atoms with Crippen LogP contribution in [0.4, 0.5) is 47.6 Å². The van der Waals surface area contributed by atoms with Gasteiger partial charge in [0.1, 0.15) is 61.1 Å². The molecule has 2 fully saturated rings. The maximum Gasteiger partial charge on any atom is 0.416 e. The Morgan fingerprint density at radius 2 is 1.10 bits per heavy atom. The minimum absolute atomic E-state index is 0.0849. The highest BCUT2D eigenvalue weighted by molar-refractivity contribution is 5.91. The van der Waals surface area contributed by atoms with Crippen molar-refractivity contribution in [2.24, 2.45) is 0 Å². The highest BCUT2D eigenvalue weighted by Gasteiger charge is 2.53. The lowest BCUT2D eigenvalue weighted by molar-refractivity contribution is -0.175. The van der Waals surface area contributed by atoms with Gasteiger partial charge in [-0.2, -0.15) is 26.3 Å². The number of hydrogen-bond donors (Lipinski definition) is 0. The predicted molar refractivity (Wildman–Crippen MR) is 191 cm³/mol. The number of esters is 2. The van der Waals surface area contributed by atoms with Gasteiger partial charge >= 0.3 is 36.5 Å². The summed E-state index contributed by atoms with van der Waals surface area (Å²) in [6.07, 6.45) is -11.7. The van der Waals surface area contributed by atoms with E-state index in [0.29, 0.717) is 20.9 Å². The van der Waals surface area contributed by atoms with Crippen LogP contribution >= 0.6 is 0 Å². The lowest BCUT2D eigenvalue weighted by Gasteiger charge is -2.21. The van der Waals surface area contributed by atoms with Gasteiger partial charge in [0, 0.05) is 24.5 Å². The van der Waals surface area contributed by atoms with Gasteiger partial charge in [0.25, 0.3) is 0 Å². The molecule has 4 aliphatic heterocycles. The summed E-state index contributed by atoms with van der Waals surface area (Å²) in [5, 5.41) is 0. The second-order valence-corrected chi connectivity index (χ2v) is 13.8. The molecule has 4 atom stereocenters. The number of carbonyl (C=O) groups is 4. The van der Waals surface area contributed by atoms with Gasteiger partial charge in [-0.15, -0.1) is 0 Å². The summed E-state index contributed by atoms with van der Waals surface area (Å²) < 4.78 is 127. The molecule has 0 N–H and O–H groups in total. The van der Waals surface area contributed by atoms with E-state index >= 15 is 0 Å². The predicted octanol–water partition coefficient (Wildman–Crippen LogP) is 5.25. The van der Waals surface area contributed by atoms with Crippen molar-refractivity contribution in [1.29, 1.82) is 0 Å². The van der Waals surface area contributed by atoms with Crippen LogP contribution in [0.2, 0.25) is 0 Å². The SMILES string of the molecule is C[C@H](Oc1ccc2c(c1)OCCn1cc(N3C(=O)OC[C@H]3C(F)(F)F)nc1-2)C(=O)OCOC(=O)[C@H](C)Oc1ccc2c(c1)OCCn1cc(N3C(=O)OC[C@H]3C(F)(F)F)nc1-2. The molecular formula is C37H32F6N6O12. The summed E-state index contributed by atoms with van der Waals surface area (Å²) in [7, 11) is 0. The number of cyclic esters (lactones) is 2. The molecule has 24 heteroatoms. The number of nitrogens with zero attached hydrogens (tertiary/aromatic N) is 6. The molecule has 324 valence electrons. The minimum atomic E-state index is -4.74.